The van der Waals surface area contributed by atoms with Gasteiger partial charge in [-0.15, -0.1) is 13.2 Å². The summed E-state index contributed by atoms with van der Waals surface area (Å²) in [6.07, 6.45) is -2.51. The van der Waals surface area contributed by atoms with E-state index in [1.807, 2.05) is 6.07 Å². The van der Waals surface area contributed by atoms with Crippen molar-refractivity contribution >= 4 is 5.91 Å². The van der Waals surface area contributed by atoms with E-state index < -0.39 is 18.0 Å². The minimum Gasteiger partial charge on any atom is -0.497 e. The Morgan fingerprint density at radius 2 is 1.92 bits per heavy atom. The molecule has 192 valence electrons. The van der Waals surface area contributed by atoms with Crippen LogP contribution in [0, 0.1) is 0 Å². The molecular weight excluding hydrogens is 479 g/mol. The SMILES string of the molecule is COc1ccc(-c2cc(CNC(=O)c3ccccc3OC(F)(F)F)nn2C2CCCCO2)c(OC)c1. The molecule has 0 bridgehead atoms. The van der Waals surface area contributed by atoms with E-state index in [9.17, 15) is 18.0 Å². The van der Waals surface area contributed by atoms with Crippen molar-refractivity contribution < 1.29 is 36.9 Å². The molecule has 0 aliphatic carbocycles. The lowest BCUT2D eigenvalue weighted by molar-refractivity contribution is -0.274. The van der Waals surface area contributed by atoms with Crippen molar-refractivity contribution in [1.82, 2.24) is 15.1 Å². The second-order valence-corrected chi connectivity index (χ2v) is 8.08. The Balaban J connectivity index is 1.61. The fraction of sp³-hybridized carbons (Fsp3) is 0.360. The maximum Gasteiger partial charge on any atom is 0.573 e. The molecule has 8 nitrogen and oxygen atoms in total. The number of methoxy groups -OCH3 is 2. The third kappa shape index (κ3) is 5.91. The molecule has 1 aromatic heterocycles. The van der Waals surface area contributed by atoms with Crippen LogP contribution in [0.5, 0.6) is 17.2 Å². The van der Waals surface area contributed by atoms with Crippen molar-refractivity contribution in [1.29, 1.82) is 0 Å². The summed E-state index contributed by atoms with van der Waals surface area (Å²) in [4.78, 5) is 12.7. The van der Waals surface area contributed by atoms with Crippen LogP contribution < -0.4 is 19.5 Å². The third-order valence-corrected chi connectivity index (χ3v) is 5.69. The standard InChI is InChI=1S/C25H26F3N3O5/c1-33-17-10-11-18(22(14-17)34-2)20-13-16(30-31(20)23-9-5-6-12-35-23)15-29-24(32)19-7-3-4-8-21(19)36-25(26,27)28/h3-4,7-8,10-11,13-14,23H,5-6,9,12,15H2,1-2H3,(H,29,32). The second kappa shape index (κ2) is 10.9. The van der Waals surface area contributed by atoms with Gasteiger partial charge in [-0.2, -0.15) is 5.10 Å². The molecule has 4 rings (SSSR count). The molecule has 2 aromatic carbocycles. The average Bonchev–Trinajstić information content (AvgIpc) is 3.31. The molecular formula is C25H26F3N3O5. The second-order valence-electron chi connectivity index (χ2n) is 8.08. The minimum atomic E-state index is -4.92. The highest BCUT2D eigenvalue weighted by Gasteiger charge is 2.33. The van der Waals surface area contributed by atoms with E-state index in [4.69, 9.17) is 14.2 Å². The summed E-state index contributed by atoms with van der Waals surface area (Å²) in [5, 5.41) is 7.28. The van der Waals surface area contributed by atoms with Crippen LogP contribution in [-0.4, -0.2) is 42.9 Å². The Morgan fingerprint density at radius 1 is 1.11 bits per heavy atom. The van der Waals surface area contributed by atoms with Crippen LogP contribution in [0.2, 0.25) is 0 Å². The molecule has 1 fully saturated rings. The first-order valence-corrected chi connectivity index (χ1v) is 11.3. The largest absolute Gasteiger partial charge is 0.573 e. The highest BCUT2D eigenvalue weighted by molar-refractivity contribution is 5.96. The lowest BCUT2D eigenvalue weighted by Gasteiger charge is -2.25. The van der Waals surface area contributed by atoms with Crippen LogP contribution in [0.25, 0.3) is 11.3 Å². The van der Waals surface area contributed by atoms with E-state index in [1.54, 1.807) is 37.1 Å². The van der Waals surface area contributed by atoms with Gasteiger partial charge in [0.2, 0.25) is 0 Å². The average molecular weight is 505 g/mol. The van der Waals surface area contributed by atoms with Crippen LogP contribution in [0.15, 0.2) is 48.5 Å². The predicted molar refractivity (Wildman–Crippen MR) is 124 cm³/mol. The molecule has 1 aliphatic rings. The van der Waals surface area contributed by atoms with Crippen molar-refractivity contribution in [2.45, 2.75) is 38.4 Å². The van der Waals surface area contributed by atoms with E-state index in [1.165, 1.54) is 18.2 Å². The summed E-state index contributed by atoms with van der Waals surface area (Å²) in [5.41, 5.74) is 1.73. The lowest BCUT2D eigenvalue weighted by atomic mass is 10.1. The van der Waals surface area contributed by atoms with Gasteiger partial charge in [-0.3, -0.25) is 4.79 Å². The number of nitrogens with zero attached hydrogens (tertiary/aromatic N) is 2. The van der Waals surface area contributed by atoms with Gasteiger partial charge in [-0.05, 0) is 49.6 Å². The highest BCUT2D eigenvalue weighted by atomic mass is 19.4. The summed E-state index contributed by atoms with van der Waals surface area (Å²) in [6, 6.07) is 12.4. The topological polar surface area (TPSA) is 83.8 Å². The summed E-state index contributed by atoms with van der Waals surface area (Å²) in [5.74, 6) is -0.0999. The zero-order chi connectivity index (χ0) is 25.7. The maximum atomic E-state index is 12.7. The fourth-order valence-corrected chi connectivity index (χ4v) is 4.01. The van der Waals surface area contributed by atoms with Crippen LogP contribution >= 0.6 is 0 Å². The quantitative estimate of drug-likeness (QED) is 0.459. The molecule has 36 heavy (non-hydrogen) atoms. The molecule has 1 atom stereocenters. The number of rotatable bonds is 8. The van der Waals surface area contributed by atoms with Crippen LogP contribution in [0.1, 0.15) is 41.5 Å². The van der Waals surface area contributed by atoms with E-state index in [0.717, 1.165) is 30.9 Å². The van der Waals surface area contributed by atoms with Gasteiger partial charge in [0.15, 0.2) is 6.23 Å². The molecule has 1 aliphatic heterocycles. The number of nitrogens with one attached hydrogen (secondary N) is 1. The van der Waals surface area contributed by atoms with Crippen molar-refractivity contribution in [3.63, 3.8) is 0 Å². The Bertz CT molecular complexity index is 1210. The number of ether oxygens (including phenoxy) is 4. The molecule has 1 amide bonds. The molecule has 1 unspecified atom stereocenters. The summed E-state index contributed by atoms with van der Waals surface area (Å²) >= 11 is 0. The zero-order valence-corrected chi connectivity index (χ0v) is 19.8. The van der Waals surface area contributed by atoms with Crippen LogP contribution in [0.3, 0.4) is 0 Å². The molecule has 0 saturated carbocycles. The van der Waals surface area contributed by atoms with Gasteiger partial charge in [-0.1, -0.05) is 12.1 Å². The van der Waals surface area contributed by atoms with Gasteiger partial charge in [0, 0.05) is 18.2 Å². The number of amides is 1. The first-order valence-electron chi connectivity index (χ1n) is 11.3. The van der Waals surface area contributed by atoms with E-state index in [2.05, 4.69) is 15.2 Å². The minimum absolute atomic E-state index is 0.0234. The molecule has 11 heteroatoms. The van der Waals surface area contributed by atoms with Gasteiger partial charge in [0.1, 0.15) is 17.2 Å². The number of carbonyl (C=O) groups is 1. The summed E-state index contributed by atoms with van der Waals surface area (Å²) in [7, 11) is 3.12. The Labute approximate surface area is 205 Å². The van der Waals surface area contributed by atoms with Gasteiger partial charge >= 0.3 is 6.36 Å². The van der Waals surface area contributed by atoms with Gasteiger partial charge in [-0.25, -0.2) is 4.68 Å². The van der Waals surface area contributed by atoms with E-state index in [0.29, 0.717) is 29.5 Å². The monoisotopic (exact) mass is 505 g/mol. The maximum absolute atomic E-state index is 12.7. The van der Waals surface area contributed by atoms with Gasteiger partial charge < -0.3 is 24.3 Å². The first kappa shape index (κ1) is 25.4. The molecule has 1 saturated heterocycles. The van der Waals surface area contributed by atoms with Crippen molar-refractivity contribution in [3.05, 3.63) is 59.8 Å². The number of hydrogen-bond donors (Lipinski definition) is 1. The van der Waals surface area contributed by atoms with Crippen molar-refractivity contribution in [2.24, 2.45) is 0 Å². The van der Waals surface area contributed by atoms with Gasteiger partial charge in [0.05, 0.1) is 37.7 Å². The predicted octanol–water partition coefficient (Wildman–Crippen LogP) is 5.10. The molecule has 2 heterocycles. The lowest BCUT2D eigenvalue weighted by Crippen LogP contribution is -2.26. The van der Waals surface area contributed by atoms with Crippen molar-refractivity contribution in [3.8, 4) is 28.5 Å². The Kier molecular flexibility index (Phi) is 7.68. The summed E-state index contributed by atoms with van der Waals surface area (Å²) in [6.45, 7) is 0.580. The van der Waals surface area contributed by atoms with E-state index in [-0.39, 0.29) is 18.3 Å². The highest BCUT2D eigenvalue weighted by Crippen LogP contribution is 2.36. The Hall–Kier alpha value is -3.73. The third-order valence-electron chi connectivity index (χ3n) is 5.69. The summed E-state index contributed by atoms with van der Waals surface area (Å²) < 4.78 is 60.7. The molecule has 1 N–H and O–H groups in total. The number of benzene rings is 2. The number of halogens is 3. The number of carbonyl (C=O) groups excluding carboxylic acids is 1. The first-order chi connectivity index (χ1) is 17.3. The molecule has 0 spiro atoms. The fourth-order valence-electron chi connectivity index (χ4n) is 4.01. The number of hydrogen-bond acceptors (Lipinski definition) is 6. The van der Waals surface area contributed by atoms with Gasteiger partial charge in [0.25, 0.3) is 5.91 Å². The molecule has 3 aromatic rings. The zero-order valence-electron chi connectivity index (χ0n) is 19.8. The van der Waals surface area contributed by atoms with Crippen LogP contribution in [0.4, 0.5) is 13.2 Å². The van der Waals surface area contributed by atoms with Crippen LogP contribution in [-0.2, 0) is 11.3 Å². The smallest absolute Gasteiger partial charge is 0.497 e. The normalized spacial score (nSPS) is 15.9. The number of alkyl halides is 3. The number of aromatic nitrogens is 2. The van der Waals surface area contributed by atoms with Crippen molar-refractivity contribution in [2.75, 3.05) is 20.8 Å². The number of para-hydroxylation sites is 1. The Morgan fingerprint density at radius 3 is 2.61 bits per heavy atom. The molecule has 0 radical (unpaired) electrons. The van der Waals surface area contributed by atoms with E-state index >= 15 is 0 Å².